The van der Waals surface area contributed by atoms with Crippen LogP contribution in [0.5, 0.6) is 0 Å². The number of hydrogen-bond acceptors (Lipinski definition) is 3. The van der Waals surface area contributed by atoms with Gasteiger partial charge >= 0.3 is 0 Å². The van der Waals surface area contributed by atoms with Crippen molar-refractivity contribution in [1.82, 2.24) is 4.98 Å². The molecule has 4 rings (SSSR count). The van der Waals surface area contributed by atoms with Crippen LogP contribution in [0.25, 0.3) is 21.8 Å². The van der Waals surface area contributed by atoms with Gasteiger partial charge < -0.3 is 21.4 Å². The van der Waals surface area contributed by atoms with Crippen molar-refractivity contribution in [2.75, 3.05) is 23.7 Å². The second-order valence-electron chi connectivity index (χ2n) is 6.07. The van der Waals surface area contributed by atoms with Crippen LogP contribution in [0.15, 0.2) is 30.3 Å². The first kappa shape index (κ1) is 13.4. The molecule has 0 unspecified atom stereocenters. The number of nitrogen functional groups attached to an aromatic ring is 1. The number of anilines is 2. The summed E-state index contributed by atoms with van der Waals surface area (Å²) in [5, 5.41) is 1.86. The normalized spacial score (nSPS) is 19.2. The number of benzene rings is 2. The molecular weight excluding hydrogens is 279 g/mol. The maximum atomic E-state index is 14.7. The van der Waals surface area contributed by atoms with E-state index in [1.165, 1.54) is 6.07 Å². The van der Waals surface area contributed by atoms with E-state index in [1.54, 1.807) is 0 Å². The van der Waals surface area contributed by atoms with Crippen molar-refractivity contribution in [3.63, 3.8) is 0 Å². The Morgan fingerprint density at radius 3 is 2.91 bits per heavy atom. The number of H-pyrrole nitrogens is 1. The Morgan fingerprint density at radius 2 is 2.09 bits per heavy atom. The minimum Gasteiger partial charge on any atom is -0.397 e. The highest BCUT2D eigenvalue weighted by atomic mass is 19.1. The molecule has 1 fully saturated rings. The third kappa shape index (κ3) is 1.93. The summed E-state index contributed by atoms with van der Waals surface area (Å²) in [4.78, 5) is 5.38. The van der Waals surface area contributed by atoms with Crippen molar-refractivity contribution in [3.05, 3.63) is 36.1 Å². The molecule has 1 atom stereocenters. The molecule has 2 aromatic carbocycles. The predicted molar refractivity (Wildman–Crippen MR) is 89.6 cm³/mol. The Morgan fingerprint density at radius 1 is 1.27 bits per heavy atom. The average Bonchev–Trinajstić information content (AvgIpc) is 2.88. The fourth-order valence-electron chi connectivity index (χ4n) is 3.52. The number of aromatic amines is 1. The van der Waals surface area contributed by atoms with Gasteiger partial charge in [0.05, 0.1) is 16.9 Å². The lowest BCUT2D eigenvalue weighted by Gasteiger charge is -2.33. The Hall–Kier alpha value is -2.27. The van der Waals surface area contributed by atoms with Gasteiger partial charge in [-0.1, -0.05) is 18.2 Å². The molecule has 1 saturated heterocycles. The molecule has 0 amide bonds. The third-order valence-corrected chi connectivity index (χ3v) is 4.51. The van der Waals surface area contributed by atoms with Crippen molar-refractivity contribution in [1.29, 1.82) is 0 Å². The van der Waals surface area contributed by atoms with Crippen LogP contribution in [-0.4, -0.2) is 24.1 Å². The lowest BCUT2D eigenvalue weighted by Crippen LogP contribution is -2.43. The van der Waals surface area contributed by atoms with Gasteiger partial charge in [0.25, 0.3) is 0 Å². The molecule has 0 saturated carbocycles. The molecule has 22 heavy (non-hydrogen) atoms. The van der Waals surface area contributed by atoms with Crippen LogP contribution in [0, 0.1) is 5.82 Å². The maximum Gasteiger partial charge on any atom is 0.149 e. The number of halogens is 1. The summed E-state index contributed by atoms with van der Waals surface area (Å²) in [5.74, 6) is -0.274. The Balaban J connectivity index is 2.04. The first-order valence-corrected chi connectivity index (χ1v) is 7.64. The van der Waals surface area contributed by atoms with Crippen molar-refractivity contribution in [2.24, 2.45) is 5.73 Å². The smallest absolute Gasteiger partial charge is 0.149 e. The summed E-state index contributed by atoms with van der Waals surface area (Å²) in [6, 6.07) is 9.40. The number of hydrogen-bond donors (Lipinski definition) is 3. The Labute approximate surface area is 127 Å². The predicted octanol–water partition coefficient (Wildman–Crippen LogP) is 2.97. The van der Waals surface area contributed by atoms with Gasteiger partial charge in [0.1, 0.15) is 5.82 Å². The second kappa shape index (κ2) is 4.88. The molecule has 0 radical (unpaired) electrons. The van der Waals surface area contributed by atoms with E-state index in [0.717, 1.165) is 41.2 Å². The molecule has 5 heteroatoms. The number of piperidine rings is 1. The van der Waals surface area contributed by atoms with Crippen LogP contribution in [0.1, 0.15) is 12.8 Å². The molecule has 2 heterocycles. The molecule has 4 nitrogen and oxygen atoms in total. The van der Waals surface area contributed by atoms with E-state index in [4.69, 9.17) is 11.5 Å². The van der Waals surface area contributed by atoms with Gasteiger partial charge in [0, 0.05) is 41.5 Å². The zero-order valence-corrected chi connectivity index (χ0v) is 12.3. The zero-order chi connectivity index (χ0) is 15.3. The molecule has 114 valence electrons. The molecule has 1 aromatic heterocycles. The molecule has 5 N–H and O–H groups in total. The summed E-state index contributed by atoms with van der Waals surface area (Å²) in [7, 11) is 0. The van der Waals surface area contributed by atoms with Crippen LogP contribution < -0.4 is 16.4 Å². The Kier molecular flexibility index (Phi) is 2.97. The van der Waals surface area contributed by atoms with E-state index < -0.39 is 0 Å². The number of nitrogens with two attached hydrogens (primary N) is 2. The lowest BCUT2D eigenvalue weighted by atomic mass is 10.0. The topological polar surface area (TPSA) is 71.1 Å². The summed E-state index contributed by atoms with van der Waals surface area (Å²) in [6.45, 7) is 1.50. The summed E-state index contributed by atoms with van der Waals surface area (Å²) >= 11 is 0. The Bertz CT molecular complexity index is 855. The van der Waals surface area contributed by atoms with Gasteiger partial charge in [-0.05, 0) is 18.9 Å². The summed E-state index contributed by atoms with van der Waals surface area (Å²) in [5.41, 5.74) is 14.9. The van der Waals surface area contributed by atoms with Gasteiger partial charge in [-0.25, -0.2) is 4.39 Å². The van der Waals surface area contributed by atoms with Crippen molar-refractivity contribution < 1.29 is 4.39 Å². The minimum absolute atomic E-state index is 0.0889. The fraction of sp³-hybridized carbons (Fsp3) is 0.294. The monoisotopic (exact) mass is 298 g/mol. The number of aromatic nitrogens is 1. The molecule has 0 bridgehead atoms. The number of nitrogens with one attached hydrogen (secondary N) is 1. The van der Waals surface area contributed by atoms with E-state index >= 15 is 0 Å². The van der Waals surface area contributed by atoms with Crippen LogP contribution >= 0.6 is 0 Å². The second-order valence-corrected chi connectivity index (χ2v) is 6.07. The van der Waals surface area contributed by atoms with Gasteiger partial charge in [-0.15, -0.1) is 0 Å². The van der Waals surface area contributed by atoms with Gasteiger partial charge in [-0.3, -0.25) is 0 Å². The van der Waals surface area contributed by atoms with E-state index in [1.807, 2.05) is 24.3 Å². The van der Waals surface area contributed by atoms with Crippen molar-refractivity contribution >= 4 is 33.2 Å². The van der Waals surface area contributed by atoms with E-state index in [-0.39, 0.29) is 11.9 Å². The van der Waals surface area contributed by atoms with Crippen LogP contribution in [0.2, 0.25) is 0 Å². The standard InChI is InChI=1S/C17H19FN4/c18-12-8-13(20)16-15(11-5-1-2-6-14(11)21-16)17(12)22-7-3-4-10(19)9-22/h1-2,5-6,8,10,21H,3-4,7,9,19-20H2/t10-/m0/s1. The van der Waals surface area contributed by atoms with Gasteiger partial charge in [0.15, 0.2) is 0 Å². The van der Waals surface area contributed by atoms with Crippen molar-refractivity contribution in [2.45, 2.75) is 18.9 Å². The molecule has 3 aromatic rings. The van der Waals surface area contributed by atoms with Gasteiger partial charge in [-0.2, -0.15) is 0 Å². The molecule has 0 aliphatic carbocycles. The first-order chi connectivity index (χ1) is 10.6. The third-order valence-electron chi connectivity index (χ3n) is 4.51. The largest absolute Gasteiger partial charge is 0.397 e. The van der Waals surface area contributed by atoms with E-state index in [0.29, 0.717) is 17.9 Å². The lowest BCUT2D eigenvalue weighted by molar-refractivity contribution is 0.499. The maximum absolute atomic E-state index is 14.7. The van der Waals surface area contributed by atoms with Gasteiger partial charge in [0.2, 0.25) is 0 Å². The average molecular weight is 298 g/mol. The highest BCUT2D eigenvalue weighted by Crippen LogP contribution is 2.39. The molecule has 1 aliphatic heterocycles. The zero-order valence-electron chi connectivity index (χ0n) is 12.3. The van der Waals surface area contributed by atoms with Crippen LogP contribution in [-0.2, 0) is 0 Å². The number of para-hydroxylation sites is 1. The van der Waals surface area contributed by atoms with Crippen LogP contribution in [0.4, 0.5) is 15.8 Å². The van der Waals surface area contributed by atoms with E-state index in [9.17, 15) is 4.39 Å². The number of nitrogens with zero attached hydrogens (tertiary/aromatic N) is 1. The first-order valence-electron chi connectivity index (χ1n) is 7.64. The summed E-state index contributed by atoms with van der Waals surface area (Å²) in [6.07, 6.45) is 1.97. The van der Waals surface area contributed by atoms with Crippen LogP contribution in [0.3, 0.4) is 0 Å². The quantitative estimate of drug-likeness (QED) is 0.605. The summed E-state index contributed by atoms with van der Waals surface area (Å²) < 4.78 is 14.7. The highest BCUT2D eigenvalue weighted by Gasteiger charge is 2.24. The van der Waals surface area contributed by atoms with E-state index in [2.05, 4.69) is 9.88 Å². The molecular formula is C17H19FN4. The number of fused-ring (bicyclic) bond motifs is 3. The fourth-order valence-corrected chi connectivity index (χ4v) is 3.52. The highest BCUT2D eigenvalue weighted by molar-refractivity contribution is 6.16. The SMILES string of the molecule is Nc1cc(F)c(N2CCC[C@H](N)C2)c2c1[nH]c1ccccc12. The molecule has 0 spiro atoms. The minimum atomic E-state index is -0.274. The van der Waals surface area contributed by atoms with Crippen molar-refractivity contribution in [3.8, 4) is 0 Å². The number of rotatable bonds is 1. The molecule has 1 aliphatic rings.